The summed E-state index contributed by atoms with van der Waals surface area (Å²) in [4.78, 5) is 13.6. The van der Waals surface area contributed by atoms with Gasteiger partial charge < -0.3 is 4.74 Å². The Balaban J connectivity index is 1.63. The second-order valence-corrected chi connectivity index (χ2v) is 10.3. The van der Waals surface area contributed by atoms with E-state index in [2.05, 4.69) is 0 Å². The number of rotatable bonds is 6. The maximum Gasteiger partial charge on any atom is 0.325 e. The van der Waals surface area contributed by atoms with Crippen LogP contribution in [0.25, 0.3) is 0 Å². The standard InChI is InChI=1S/C26H27NO4S/c1-19-13-15-23(16-14-19)32(29,30)27-18-20(2)17-24(27)26(28)31-25(21-9-5-3-6-10-21)22-11-7-4-8-12-22/h3-16,20,24-25H,17-18H2,1-2H3/t20-,24+/m1/s1. The minimum absolute atomic E-state index is 0.0553. The van der Waals surface area contributed by atoms with Gasteiger partial charge in [-0.05, 0) is 42.5 Å². The van der Waals surface area contributed by atoms with Crippen LogP contribution in [0.4, 0.5) is 0 Å². The number of sulfonamides is 1. The largest absolute Gasteiger partial charge is 0.451 e. The van der Waals surface area contributed by atoms with Crippen molar-refractivity contribution < 1.29 is 17.9 Å². The van der Waals surface area contributed by atoms with Crippen molar-refractivity contribution in [2.45, 2.75) is 37.3 Å². The maximum atomic E-state index is 13.4. The number of aryl methyl sites for hydroxylation is 1. The summed E-state index contributed by atoms with van der Waals surface area (Å²) in [7, 11) is -3.82. The zero-order valence-corrected chi connectivity index (χ0v) is 19.0. The Kier molecular flexibility index (Phi) is 6.44. The summed E-state index contributed by atoms with van der Waals surface area (Å²) in [6.45, 7) is 4.15. The van der Waals surface area contributed by atoms with E-state index in [1.807, 2.05) is 74.5 Å². The first-order valence-corrected chi connectivity index (χ1v) is 12.2. The van der Waals surface area contributed by atoms with Crippen LogP contribution in [0.1, 0.15) is 36.1 Å². The molecule has 0 aliphatic carbocycles. The summed E-state index contributed by atoms with van der Waals surface area (Å²) in [5.41, 5.74) is 2.65. The lowest BCUT2D eigenvalue weighted by molar-refractivity contribution is -0.151. The Morgan fingerprint density at radius 1 is 0.906 bits per heavy atom. The van der Waals surface area contributed by atoms with Crippen molar-refractivity contribution >= 4 is 16.0 Å². The Morgan fingerprint density at radius 3 is 1.97 bits per heavy atom. The molecule has 0 unspecified atom stereocenters. The third kappa shape index (κ3) is 4.61. The number of carbonyl (C=O) groups is 1. The lowest BCUT2D eigenvalue weighted by Crippen LogP contribution is -2.41. The van der Waals surface area contributed by atoms with Crippen LogP contribution in [0.3, 0.4) is 0 Å². The van der Waals surface area contributed by atoms with Crippen LogP contribution in [-0.2, 0) is 19.6 Å². The lowest BCUT2D eigenvalue weighted by atomic mass is 10.0. The highest BCUT2D eigenvalue weighted by atomic mass is 32.2. The van der Waals surface area contributed by atoms with Gasteiger partial charge in [0.05, 0.1) is 4.90 Å². The second kappa shape index (κ2) is 9.27. The molecule has 6 heteroatoms. The van der Waals surface area contributed by atoms with Crippen molar-refractivity contribution in [3.05, 3.63) is 102 Å². The Hall–Kier alpha value is -2.96. The first-order valence-electron chi connectivity index (χ1n) is 10.7. The maximum absolute atomic E-state index is 13.4. The van der Waals surface area contributed by atoms with E-state index in [1.54, 1.807) is 24.3 Å². The quantitative estimate of drug-likeness (QED) is 0.511. The summed E-state index contributed by atoms with van der Waals surface area (Å²) < 4.78 is 34.0. The number of esters is 1. The molecule has 4 rings (SSSR count). The van der Waals surface area contributed by atoms with Crippen molar-refractivity contribution in [2.75, 3.05) is 6.54 Å². The fourth-order valence-electron chi connectivity index (χ4n) is 4.11. The van der Waals surface area contributed by atoms with E-state index >= 15 is 0 Å². The molecule has 0 radical (unpaired) electrons. The van der Waals surface area contributed by atoms with Crippen LogP contribution in [0, 0.1) is 12.8 Å². The summed E-state index contributed by atoms with van der Waals surface area (Å²) in [6.07, 6.45) is -0.176. The van der Waals surface area contributed by atoms with E-state index in [-0.39, 0.29) is 17.4 Å². The van der Waals surface area contributed by atoms with Gasteiger partial charge in [-0.2, -0.15) is 4.31 Å². The minimum atomic E-state index is -3.82. The molecule has 5 nitrogen and oxygen atoms in total. The normalized spacial score (nSPS) is 19.2. The predicted molar refractivity (Wildman–Crippen MR) is 123 cm³/mol. The van der Waals surface area contributed by atoms with Gasteiger partial charge in [0.2, 0.25) is 10.0 Å². The number of carbonyl (C=O) groups excluding carboxylic acids is 1. The third-order valence-electron chi connectivity index (χ3n) is 5.80. The first kappa shape index (κ1) is 22.2. The van der Waals surface area contributed by atoms with Crippen LogP contribution >= 0.6 is 0 Å². The summed E-state index contributed by atoms with van der Waals surface area (Å²) >= 11 is 0. The van der Waals surface area contributed by atoms with Crippen molar-refractivity contribution in [3.63, 3.8) is 0 Å². The minimum Gasteiger partial charge on any atom is -0.451 e. The third-order valence-corrected chi connectivity index (χ3v) is 7.69. The molecule has 0 saturated carbocycles. The van der Waals surface area contributed by atoms with Crippen LogP contribution in [-0.4, -0.2) is 31.3 Å². The van der Waals surface area contributed by atoms with Gasteiger partial charge in [0.25, 0.3) is 0 Å². The smallest absolute Gasteiger partial charge is 0.325 e. The van der Waals surface area contributed by atoms with E-state index < -0.39 is 28.1 Å². The monoisotopic (exact) mass is 449 g/mol. The molecular weight excluding hydrogens is 422 g/mol. The van der Waals surface area contributed by atoms with Gasteiger partial charge in [0.1, 0.15) is 6.04 Å². The highest BCUT2D eigenvalue weighted by Crippen LogP contribution is 2.33. The molecule has 0 amide bonds. The van der Waals surface area contributed by atoms with Crippen LogP contribution in [0.15, 0.2) is 89.8 Å². The van der Waals surface area contributed by atoms with Gasteiger partial charge in [-0.25, -0.2) is 8.42 Å². The number of hydrogen-bond donors (Lipinski definition) is 0. The summed E-state index contributed by atoms with van der Waals surface area (Å²) in [5, 5.41) is 0. The molecule has 1 aliphatic rings. The number of ether oxygens (including phenoxy) is 1. The van der Waals surface area contributed by atoms with Gasteiger partial charge in [-0.1, -0.05) is 85.3 Å². The molecule has 1 aliphatic heterocycles. The molecule has 1 heterocycles. The molecule has 2 atom stereocenters. The van der Waals surface area contributed by atoms with E-state index in [0.29, 0.717) is 6.42 Å². The zero-order chi connectivity index (χ0) is 22.7. The fourth-order valence-corrected chi connectivity index (χ4v) is 5.82. The van der Waals surface area contributed by atoms with Gasteiger partial charge in [0, 0.05) is 6.54 Å². The van der Waals surface area contributed by atoms with E-state index in [0.717, 1.165) is 16.7 Å². The van der Waals surface area contributed by atoms with Gasteiger partial charge in [0.15, 0.2) is 6.10 Å². The Labute approximate surface area is 189 Å². The molecule has 1 fully saturated rings. The van der Waals surface area contributed by atoms with Gasteiger partial charge >= 0.3 is 5.97 Å². The SMILES string of the molecule is Cc1ccc(S(=O)(=O)N2C[C@H](C)C[C@H]2C(=O)OC(c2ccccc2)c2ccccc2)cc1. The van der Waals surface area contributed by atoms with Crippen molar-refractivity contribution in [2.24, 2.45) is 5.92 Å². The lowest BCUT2D eigenvalue weighted by Gasteiger charge is -2.26. The van der Waals surface area contributed by atoms with Crippen molar-refractivity contribution in [3.8, 4) is 0 Å². The van der Waals surface area contributed by atoms with Crippen LogP contribution < -0.4 is 0 Å². The number of nitrogens with zero attached hydrogens (tertiary/aromatic N) is 1. The van der Waals surface area contributed by atoms with Crippen molar-refractivity contribution in [1.29, 1.82) is 0 Å². The Morgan fingerprint density at radius 2 is 1.44 bits per heavy atom. The highest BCUT2D eigenvalue weighted by Gasteiger charge is 2.44. The molecule has 32 heavy (non-hydrogen) atoms. The summed E-state index contributed by atoms with van der Waals surface area (Å²) in [5.74, 6) is -0.470. The molecule has 1 saturated heterocycles. The average molecular weight is 450 g/mol. The first-order chi connectivity index (χ1) is 15.4. The molecule has 0 spiro atoms. The van der Waals surface area contributed by atoms with E-state index in [1.165, 1.54) is 4.31 Å². The molecule has 0 bridgehead atoms. The molecule has 0 N–H and O–H groups in total. The molecule has 3 aromatic rings. The number of benzene rings is 3. The second-order valence-electron chi connectivity index (χ2n) is 8.38. The van der Waals surface area contributed by atoms with Gasteiger partial charge in [-0.3, -0.25) is 4.79 Å². The topological polar surface area (TPSA) is 63.7 Å². The fraction of sp³-hybridized carbons (Fsp3) is 0.269. The zero-order valence-electron chi connectivity index (χ0n) is 18.2. The molecule has 0 aromatic heterocycles. The molecule has 3 aromatic carbocycles. The van der Waals surface area contributed by atoms with Crippen LogP contribution in [0.5, 0.6) is 0 Å². The van der Waals surface area contributed by atoms with E-state index in [4.69, 9.17) is 4.74 Å². The molecule has 166 valence electrons. The predicted octanol–water partition coefficient (Wildman–Crippen LogP) is 4.73. The average Bonchev–Trinajstić information content (AvgIpc) is 3.21. The van der Waals surface area contributed by atoms with Gasteiger partial charge in [-0.15, -0.1) is 0 Å². The Bertz CT molecular complexity index is 1120. The summed E-state index contributed by atoms with van der Waals surface area (Å²) in [6, 6.07) is 24.9. The van der Waals surface area contributed by atoms with E-state index in [9.17, 15) is 13.2 Å². The number of hydrogen-bond acceptors (Lipinski definition) is 4. The van der Waals surface area contributed by atoms with Crippen molar-refractivity contribution in [1.82, 2.24) is 4.31 Å². The highest BCUT2D eigenvalue weighted by molar-refractivity contribution is 7.89. The molecular formula is C26H27NO4S. The van der Waals surface area contributed by atoms with Crippen LogP contribution in [0.2, 0.25) is 0 Å².